The molecule has 2 heteroatoms. The Balaban J connectivity index is 2.30. The van der Waals surface area contributed by atoms with E-state index < -0.39 is 0 Å². The molecule has 0 saturated carbocycles. The van der Waals surface area contributed by atoms with Gasteiger partial charge in [0.15, 0.2) is 0 Å². The summed E-state index contributed by atoms with van der Waals surface area (Å²) >= 11 is 0. The van der Waals surface area contributed by atoms with Crippen LogP contribution in [0.1, 0.15) is 15.9 Å². The maximum Gasteiger partial charge on any atom is 0.258 e. The summed E-state index contributed by atoms with van der Waals surface area (Å²) in [6, 6.07) is 17.3. The number of hydrogen-bond donors (Lipinski definition) is 0. The van der Waals surface area contributed by atoms with Crippen molar-refractivity contribution in [2.24, 2.45) is 0 Å². The molecule has 0 fully saturated rings. The summed E-state index contributed by atoms with van der Waals surface area (Å²) in [5.41, 5.74) is 2.65. The highest BCUT2D eigenvalue weighted by atomic mass is 16.2. The summed E-state index contributed by atoms with van der Waals surface area (Å²) in [6.07, 6.45) is 0. The number of benzene rings is 2. The fourth-order valence-corrected chi connectivity index (χ4v) is 1.76. The first kappa shape index (κ1) is 11.4. The zero-order chi connectivity index (χ0) is 12.3. The molecule has 0 heterocycles. The standard InChI is InChI=1S/C15H15NO/c1-12-8-6-7-11-14(12)15(17)16(2)13-9-4-3-5-10-13/h3-11H,1-2H3. The summed E-state index contributed by atoms with van der Waals surface area (Å²) in [5, 5.41) is 0. The molecular formula is C15H15NO. The van der Waals surface area contributed by atoms with Crippen LogP contribution in [0.2, 0.25) is 0 Å². The van der Waals surface area contributed by atoms with Gasteiger partial charge in [0.05, 0.1) is 0 Å². The Morgan fingerprint density at radius 3 is 2.18 bits per heavy atom. The van der Waals surface area contributed by atoms with E-state index in [4.69, 9.17) is 0 Å². The molecule has 2 aromatic rings. The lowest BCUT2D eigenvalue weighted by atomic mass is 10.1. The number of rotatable bonds is 2. The Bertz CT molecular complexity index is 519. The van der Waals surface area contributed by atoms with Crippen molar-refractivity contribution in [3.63, 3.8) is 0 Å². The zero-order valence-electron chi connectivity index (χ0n) is 10.1. The molecule has 0 N–H and O–H groups in total. The van der Waals surface area contributed by atoms with Crippen molar-refractivity contribution in [1.29, 1.82) is 0 Å². The van der Waals surface area contributed by atoms with Gasteiger partial charge in [-0.2, -0.15) is 0 Å². The predicted octanol–water partition coefficient (Wildman–Crippen LogP) is 3.27. The summed E-state index contributed by atoms with van der Waals surface area (Å²) in [5.74, 6) is 0.0225. The zero-order valence-corrected chi connectivity index (χ0v) is 10.1. The van der Waals surface area contributed by atoms with Gasteiger partial charge in [-0.05, 0) is 30.7 Å². The normalized spacial score (nSPS) is 10.0. The second-order valence-electron chi connectivity index (χ2n) is 4.01. The Morgan fingerprint density at radius 1 is 0.941 bits per heavy atom. The molecule has 17 heavy (non-hydrogen) atoms. The first-order chi connectivity index (χ1) is 8.20. The first-order valence-corrected chi connectivity index (χ1v) is 5.59. The van der Waals surface area contributed by atoms with Gasteiger partial charge in [-0.1, -0.05) is 36.4 Å². The highest BCUT2D eigenvalue weighted by Gasteiger charge is 2.14. The van der Waals surface area contributed by atoms with Crippen LogP contribution in [0.15, 0.2) is 54.6 Å². The maximum absolute atomic E-state index is 12.3. The molecule has 0 aliphatic carbocycles. The average molecular weight is 225 g/mol. The van der Waals surface area contributed by atoms with Crippen LogP contribution in [0, 0.1) is 6.92 Å². The van der Waals surface area contributed by atoms with Gasteiger partial charge in [0.25, 0.3) is 5.91 Å². The van der Waals surface area contributed by atoms with Crippen LogP contribution in [0.4, 0.5) is 5.69 Å². The maximum atomic E-state index is 12.3. The summed E-state index contributed by atoms with van der Waals surface area (Å²) in [4.78, 5) is 14.0. The third-order valence-electron chi connectivity index (χ3n) is 2.82. The van der Waals surface area contributed by atoms with E-state index >= 15 is 0 Å². The molecule has 0 spiro atoms. The smallest absolute Gasteiger partial charge is 0.258 e. The van der Waals surface area contributed by atoms with E-state index in [1.807, 2.05) is 61.5 Å². The van der Waals surface area contributed by atoms with Crippen molar-refractivity contribution in [3.05, 3.63) is 65.7 Å². The van der Waals surface area contributed by atoms with Crippen molar-refractivity contribution in [3.8, 4) is 0 Å². The molecule has 0 aromatic heterocycles. The van der Waals surface area contributed by atoms with Gasteiger partial charge in [-0.3, -0.25) is 4.79 Å². The highest BCUT2D eigenvalue weighted by molar-refractivity contribution is 6.06. The van der Waals surface area contributed by atoms with Gasteiger partial charge in [-0.15, -0.1) is 0 Å². The topological polar surface area (TPSA) is 20.3 Å². The van der Waals surface area contributed by atoms with Crippen molar-refractivity contribution in [2.75, 3.05) is 11.9 Å². The van der Waals surface area contributed by atoms with Crippen LogP contribution >= 0.6 is 0 Å². The molecule has 1 amide bonds. The lowest BCUT2D eigenvalue weighted by molar-refractivity contribution is 0.0992. The quantitative estimate of drug-likeness (QED) is 0.768. The second kappa shape index (κ2) is 4.83. The predicted molar refractivity (Wildman–Crippen MR) is 70.4 cm³/mol. The van der Waals surface area contributed by atoms with Crippen molar-refractivity contribution >= 4 is 11.6 Å². The third-order valence-corrected chi connectivity index (χ3v) is 2.82. The molecule has 2 nitrogen and oxygen atoms in total. The van der Waals surface area contributed by atoms with Gasteiger partial charge < -0.3 is 4.90 Å². The fourth-order valence-electron chi connectivity index (χ4n) is 1.76. The number of carbonyl (C=O) groups is 1. The molecule has 0 saturated heterocycles. The third kappa shape index (κ3) is 2.36. The van der Waals surface area contributed by atoms with Crippen LogP contribution < -0.4 is 4.90 Å². The lowest BCUT2D eigenvalue weighted by Gasteiger charge is -2.18. The van der Waals surface area contributed by atoms with E-state index in [0.29, 0.717) is 0 Å². The number of hydrogen-bond acceptors (Lipinski definition) is 1. The number of amides is 1. The van der Waals surface area contributed by atoms with Crippen LogP contribution in [-0.2, 0) is 0 Å². The minimum Gasteiger partial charge on any atom is -0.311 e. The summed E-state index contributed by atoms with van der Waals surface area (Å²) < 4.78 is 0. The summed E-state index contributed by atoms with van der Waals surface area (Å²) in [7, 11) is 1.80. The molecule has 86 valence electrons. The Kier molecular flexibility index (Phi) is 3.24. The van der Waals surface area contributed by atoms with Gasteiger partial charge >= 0.3 is 0 Å². The van der Waals surface area contributed by atoms with E-state index in [2.05, 4.69) is 0 Å². The molecule has 0 aliphatic rings. The minimum atomic E-state index is 0.0225. The molecule has 0 unspecified atom stereocenters. The first-order valence-electron chi connectivity index (χ1n) is 5.59. The Morgan fingerprint density at radius 2 is 1.53 bits per heavy atom. The van der Waals surface area contributed by atoms with Gasteiger partial charge in [0.2, 0.25) is 0 Å². The van der Waals surface area contributed by atoms with Crippen molar-refractivity contribution in [1.82, 2.24) is 0 Å². The van der Waals surface area contributed by atoms with Crippen LogP contribution in [-0.4, -0.2) is 13.0 Å². The van der Waals surface area contributed by atoms with Gasteiger partial charge in [0.1, 0.15) is 0 Å². The minimum absolute atomic E-state index is 0.0225. The summed E-state index contributed by atoms with van der Waals surface area (Å²) in [6.45, 7) is 1.95. The van der Waals surface area contributed by atoms with E-state index in [1.165, 1.54) is 0 Å². The van der Waals surface area contributed by atoms with Crippen LogP contribution in [0.25, 0.3) is 0 Å². The molecule has 0 bridgehead atoms. The lowest BCUT2D eigenvalue weighted by Crippen LogP contribution is -2.26. The molecule has 2 aromatic carbocycles. The number of aryl methyl sites for hydroxylation is 1. The number of carbonyl (C=O) groups excluding carboxylic acids is 1. The van der Waals surface area contributed by atoms with Crippen LogP contribution in [0.5, 0.6) is 0 Å². The van der Waals surface area contributed by atoms with Crippen LogP contribution in [0.3, 0.4) is 0 Å². The largest absolute Gasteiger partial charge is 0.311 e. The van der Waals surface area contributed by atoms with Gasteiger partial charge in [-0.25, -0.2) is 0 Å². The molecular weight excluding hydrogens is 210 g/mol. The highest BCUT2D eigenvalue weighted by Crippen LogP contribution is 2.16. The molecule has 0 radical (unpaired) electrons. The monoisotopic (exact) mass is 225 g/mol. The van der Waals surface area contributed by atoms with E-state index in [0.717, 1.165) is 16.8 Å². The fraction of sp³-hybridized carbons (Fsp3) is 0.133. The molecule has 0 atom stereocenters. The van der Waals surface area contributed by atoms with E-state index in [1.54, 1.807) is 11.9 Å². The number of para-hydroxylation sites is 1. The molecule has 0 aliphatic heterocycles. The molecule has 2 rings (SSSR count). The Hall–Kier alpha value is -2.09. The van der Waals surface area contributed by atoms with E-state index in [-0.39, 0.29) is 5.91 Å². The SMILES string of the molecule is Cc1ccccc1C(=O)N(C)c1ccccc1. The van der Waals surface area contributed by atoms with E-state index in [9.17, 15) is 4.79 Å². The average Bonchev–Trinajstić information content (AvgIpc) is 2.39. The van der Waals surface area contributed by atoms with Crippen molar-refractivity contribution < 1.29 is 4.79 Å². The number of nitrogens with zero attached hydrogens (tertiary/aromatic N) is 1. The number of anilines is 1. The second-order valence-corrected chi connectivity index (χ2v) is 4.01. The Labute approximate surface area is 102 Å². The van der Waals surface area contributed by atoms with Crippen molar-refractivity contribution in [2.45, 2.75) is 6.92 Å². The van der Waals surface area contributed by atoms with Gasteiger partial charge in [0, 0.05) is 18.3 Å².